The maximum atomic E-state index is 14.8. The molecule has 6 amide bonds. The number of likely N-dealkylation sites (tertiary alicyclic amines) is 1. The second kappa shape index (κ2) is 16.7. The number of urea groups is 1. The van der Waals surface area contributed by atoms with Gasteiger partial charge in [-0.1, -0.05) is 66.9 Å². The van der Waals surface area contributed by atoms with E-state index in [2.05, 4.69) is 52.9 Å². The van der Waals surface area contributed by atoms with Crippen LogP contribution in [0.15, 0.2) is 12.7 Å². The summed E-state index contributed by atoms with van der Waals surface area (Å²) in [6.07, 6.45) is 13.0. The summed E-state index contributed by atoms with van der Waals surface area (Å²) in [5.41, 5.74) is -1.29. The molecule has 0 spiro atoms. The van der Waals surface area contributed by atoms with Gasteiger partial charge in [0.25, 0.3) is 5.91 Å². The van der Waals surface area contributed by atoms with Gasteiger partial charge in [-0.3, -0.25) is 19.2 Å². The topological polar surface area (TPSA) is 175 Å². The Hall–Kier alpha value is -4.08. The van der Waals surface area contributed by atoms with Crippen LogP contribution in [0.3, 0.4) is 0 Å². The van der Waals surface area contributed by atoms with Crippen molar-refractivity contribution in [3.05, 3.63) is 12.7 Å². The standard InChI is InChI=1S/C39H60N6O7/c1-9-11-15-26(30(46)33(48)40-20-10-2)42-32(47)29-28-25(38(28,6)7)22-45(29)34(49)31(39(8)18-13-12-14-19-39)44-35(50)43-27(37(3,4)5)23-52-36(51)41-21-24-16-17-24/h1,10,24-29,31H,2,11-23H2,3-8H3,(H,40,48)(H,41,51)(H,42,47)(H2,43,44,50)/t25?,26?,27-,28?,29+,31-/m1/s1. The first-order valence-corrected chi connectivity index (χ1v) is 18.9. The SMILES string of the molecule is C#CCCC(NC(=O)[C@@H]1C2C(CN1C(=O)[C@@H](NC(=O)N[C@H](COC(=O)NCC1CC1)C(C)(C)C)C1(C)CCCCC1)C2(C)C)C(=O)C(=O)NCC=C. The number of hydrogen-bond acceptors (Lipinski definition) is 7. The summed E-state index contributed by atoms with van der Waals surface area (Å²) in [6.45, 7) is 16.4. The first kappa shape index (κ1) is 40.7. The van der Waals surface area contributed by atoms with Crippen LogP contribution < -0.4 is 26.6 Å². The summed E-state index contributed by atoms with van der Waals surface area (Å²) in [4.78, 5) is 82.4. The number of alkyl carbamates (subject to hydrolysis) is 1. The monoisotopic (exact) mass is 724 g/mol. The molecule has 4 rings (SSSR count). The third-order valence-electron chi connectivity index (χ3n) is 11.8. The van der Waals surface area contributed by atoms with Gasteiger partial charge in [0.1, 0.15) is 18.7 Å². The number of ether oxygens (including phenoxy) is 1. The number of fused-ring (bicyclic) bond motifs is 1. The van der Waals surface area contributed by atoms with Crippen LogP contribution in [0.5, 0.6) is 0 Å². The van der Waals surface area contributed by atoms with Crippen LogP contribution in [-0.4, -0.2) is 90.9 Å². The lowest BCUT2D eigenvalue weighted by Gasteiger charge is -2.43. The maximum Gasteiger partial charge on any atom is 0.407 e. The minimum Gasteiger partial charge on any atom is -0.447 e. The molecule has 1 heterocycles. The quantitative estimate of drug-likeness (QED) is 0.0921. The van der Waals surface area contributed by atoms with E-state index in [0.717, 1.165) is 32.1 Å². The molecule has 1 saturated heterocycles. The molecular weight excluding hydrogens is 664 g/mol. The predicted molar refractivity (Wildman–Crippen MR) is 196 cm³/mol. The van der Waals surface area contributed by atoms with Crippen molar-refractivity contribution in [2.75, 3.05) is 26.2 Å². The highest BCUT2D eigenvalue weighted by molar-refractivity contribution is 6.38. The summed E-state index contributed by atoms with van der Waals surface area (Å²) >= 11 is 0. The second-order valence-corrected chi connectivity index (χ2v) is 17.2. The Kier molecular flexibility index (Phi) is 13.1. The molecule has 0 aromatic rings. The third kappa shape index (κ3) is 9.86. The van der Waals surface area contributed by atoms with Crippen LogP contribution in [0.4, 0.5) is 9.59 Å². The zero-order valence-corrected chi connectivity index (χ0v) is 31.9. The molecule has 0 bridgehead atoms. The van der Waals surface area contributed by atoms with E-state index >= 15 is 0 Å². The van der Waals surface area contributed by atoms with Crippen LogP contribution in [0.2, 0.25) is 0 Å². The van der Waals surface area contributed by atoms with Crippen molar-refractivity contribution < 1.29 is 33.5 Å². The Morgan fingerprint density at radius 2 is 1.67 bits per heavy atom. The van der Waals surface area contributed by atoms with E-state index in [0.29, 0.717) is 31.8 Å². The van der Waals surface area contributed by atoms with Gasteiger partial charge in [-0.15, -0.1) is 18.9 Å². The first-order valence-electron chi connectivity index (χ1n) is 18.9. The Labute approximate surface area is 308 Å². The number of terminal acetylenes is 1. The van der Waals surface area contributed by atoms with Gasteiger partial charge in [-0.25, -0.2) is 9.59 Å². The molecule has 3 unspecified atom stereocenters. The van der Waals surface area contributed by atoms with E-state index in [9.17, 15) is 28.8 Å². The maximum absolute atomic E-state index is 14.8. The van der Waals surface area contributed by atoms with Gasteiger partial charge in [0, 0.05) is 26.1 Å². The molecule has 0 aromatic carbocycles. The number of carbonyl (C=O) groups excluding carboxylic acids is 6. The van der Waals surface area contributed by atoms with Crippen molar-refractivity contribution in [3.63, 3.8) is 0 Å². The minimum absolute atomic E-state index is 0.0464. The Morgan fingerprint density at radius 1 is 1.00 bits per heavy atom. The van der Waals surface area contributed by atoms with E-state index in [1.165, 1.54) is 6.08 Å². The van der Waals surface area contributed by atoms with E-state index in [1.54, 1.807) is 4.90 Å². The van der Waals surface area contributed by atoms with Crippen molar-refractivity contribution in [2.45, 2.75) is 123 Å². The largest absolute Gasteiger partial charge is 0.447 e. The second-order valence-electron chi connectivity index (χ2n) is 17.2. The number of carbonyl (C=O) groups is 6. The average Bonchev–Trinajstić information content (AvgIpc) is 3.96. The van der Waals surface area contributed by atoms with Gasteiger partial charge in [0.05, 0.1) is 12.1 Å². The molecule has 4 aliphatic rings. The van der Waals surface area contributed by atoms with Crippen LogP contribution in [0, 0.1) is 46.3 Å². The van der Waals surface area contributed by atoms with Crippen molar-refractivity contribution in [1.29, 1.82) is 0 Å². The fourth-order valence-electron chi connectivity index (χ4n) is 7.92. The molecule has 4 fully saturated rings. The zero-order valence-electron chi connectivity index (χ0n) is 31.9. The number of piperidine rings is 1. The highest BCUT2D eigenvalue weighted by Crippen LogP contribution is 2.65. The summed E-state index contributed by atoms with van der Waals surface area (Å²) in [5, 5.41) is 14.0. The Morgan fingerprint density at radius 3 is 2.27 bits per heavy atom. The number of hydrogen-bond donors (Lipinski definition) is 5. The summed E-state index contributed by atoms with van der Waals surface area (Å²) in [7, 11) is 0. The van der Waals surface area contributed by atoms with Gasteiger partial charge in [-0.2, -0.15) is 0 Å². The predicted octanol–water partition coefficient (Wildman–Crippen LogP) is 3.43. The van der Waals surface area contributed by atoms with Gasteiger partial charge < -0.3 is 36.2 Å². The first-order chi connectivity index (χ1) is 24.4. The number of rotatable bonds is 16. The third-order valence-corrected chi connectivity index (χ3v) is 11.8. The van der Waals surface area contributed by atoms with Crippen LogP contribution in [-0.2, 0) is 23.9 Å². The molecule has 13 heteroatoms. The van der Waals surface area contributed by atoms with Crippen LogP contribution >= 0.6 is 0 Å². The van der Waals surface area contributed by atoms with Gasteiger partial charge >= 0.3 is 12.1 Å². The lowest BCUT2D eigenvalue weighted by molar-refractivity contribution is -0.146. The molecule has 6 atom stereocenters. The molecular formula is C39H60N6O7. The van der Waals surface area contributed by atoms with E-state index in [-0.39, 0.29) is 49.2 Å². The van der Waals surface area contributed by atoms with E-state index in [4.69, 9.17) is 11.2 Å². The molecule has 0 radical (unpaired) electrons. The van der Waals surface area contributed by atoms with Gasteiger partial charge in [0.2, 0.25) is 17.6 Å². The molecule has 52 heavy (non-hydrogen) atoms. The molecule has 5 N–H and O–H groups in total. The molecule has 3 aliphatic carbocycles. The van der Waals surface area contributed by atoms with Crippen molar-refractivity contribution in [3.8, 4) is 12.3 Å². The molecule has 13 nitrogen and oxygen atoms in total. The molecule has 3 saturated carbocycles. The lowest BCUT2D eigenvalue weighted by atomic mass is 9.70. The van der Waals surface area contributed by atoms with Crippen molar-refractivity contribution >= 4 is 35.6 Å². The average molecular weight is 725 g/mol. The van der Waals surface area contributed by atoms with E-state index in [1.807, 2.05) is 27.7 Å². The number of ketones is 1. The summed E-state index contributed by atoms with van der Waals surface area (Å²) in [6, 6.07) is -4.16. The smallest absolute Gasteiger partial charge is 0.407 e. The van der Waals surface area contributed by atoms with Crippen molar-refractivity contribution in [2.24, 2.45) is 34.0 Å². The lowest BCUT2D eigenvalue weighted by Crippen LogP contribution is -2.63. The number of Topliss-reactive ketones (excluding diaryl/α,β-unsaturated/α-hetero) is 1. The van der Waals surface area contributed by atoms with E-state index < -0.39 is 64.7 Å². The zero-order chi connectivity index (χ0) is 38.4. The molecule has 0 aromatic heterocycles. The molecule has 1 aliphatic heterocycles. The fourth-order valence-corrected chi connectivity index (χ4v) is 7.92. The highest BCUT2D eigenvalue weighted by Gasteiger charge is 2.70. The number of nitrogens with one attached hydrogen (secondary N) is 5. The van der Waals surface area contributed by atoms with Crippen molar-refractivity contribution in [1.82, 2.24) is 31.5 Å². The molecule has 288 valence electrons. The summed E-state index contributed by atoms with van der Waals surface area (Å²) < 4.78 is 5.49. The highest BCUT2D eigenvalue weighted by atomic mass is 16.5. The van der Waals surface area contributed by atoms with Crippen LogP contribution in [0.25, 0.3) is 0 Å². The Balaban J connectivity index is 1.54. The Bertz CT molecular complexity index is 1420. The van der Waals surface area contributed by atoms with Crippen LogP contribution in [0.1, 0.15) is 99.3 Å². The summed E-state index contributed by atoms with van der Waals surface area (Å²) in [5.74, 6) is 0.271. The number of amides is 6. The van der Waals surface area contributed by atoms with Gasteiger partial charge in [-0.05, 0) is 66.1 Å². The minimum atomic E-state index is -1.17. The normalized spacial score (nSPS) is 24.4. The number of nitrogens with zero attached hydrogens (tertiary/aromatic N) is 1. The fraction of sp³-hybridized carbons (Fsp3) is 0.744. The van der Waals surface area contributed by atoms with Gasteiger partial charge in [0.15, 0.2) is 0 Å².